The summed E-state index contributed by atoms with van der Waals surface area (Å²) >= 11 is 0. The number of fused-ring (bicyclic) bond motifs is 1. The molecule has 4 nitrogen and oxygen atoms in total. The Hall–Kier alpha value is -1.81. The van der Waals surface area contributed by atoms with Crippen LogP contribution in [0.3, 0.4) is 0 Å². The van der Waals surface area contributed by atoms with E-state index in [9.17, 15) is 0 Å². The molecule has 0 saturated heterocycles. The Morgan fingerprint density at radius 3 is 2.86 bits per heavy atom. The van der Waals surface area contributed by atoms with Crippen LogP contribution >= 0.6 is 0 Å². The topological polar surface area (TPSA) is 47.3 Å². The predicted octanol–water partition coefficient (Wildman–Crippen LogP) is 2.82. The molecule has 0 bridgehead atoms. The first-order chi connectivity index (χ1) is 10.4. The second-order valence-electron chi connectivity index (χ2n) is 5.96. The number of rotatable bonds is 4. The Morgan fingerprint density at radius 1 is 1.14 bits per heavy atom. The van der Waals surface area contributed by atoms with Crippen molar-refractivity contribution in [2.45, 2.75) is 38.2 Å². The second-order valence-corrected chi connectivity index (χ2v) is 5.96. The molecule has 1 aromatic heterocycles. The number of hydrogen-bond acceptors (Lipinski definition) is 4. The van der Waals surface area contributed by atoms with Gasteiger partial charge in [0.25, 0.3) is 0 Å². The quantitative estimate of drug-likeness (QED) is 0.938. The molecule has 1 aliphatic carbocycles. The summed E-state index contributed by atoms with van der Waals surface area (Å²) in [4.78, 5) is 0. The fourth-order valence-corrected chi connectivity index (χ4v) is 2.86. The number of aromatic nitrogens is 1. The third-order valence-corrected chi connectivity index (χ3v) is 4.27. The van der Waals surface area contributed by atoms with E-state index >= 15 is 0 Å². The number of ether oxygens (including phenoxy) is 1. The summed E-state index contributed by atoms with van der Waals surface area (Å²) in [6, 6.07) is 8.45. The molecule has 1 saturated carbocycles. The smallest absolute Gasteiger partial charge is 0.174 e. The van der Waals surface area contributed by atoms with Crippen LogP contribution in [-0.4, -0.2) is 18.2 Å². The summed E-state index contributed by atoms with van der Waals surface area (Å²) in [6.07, 6.45) is 4.65. The molecule has 0 amide bonds. The second kappa shape index (κ2) is 5.53. The maximum atomic E-state index is 5.86. The van der Waals surface area contributed by atoms with Crippen molar-refractivity contribution in [1.82, 2.24) is 10.5 Å². The van der Waals surface area contributed by atoms with Gasteiger partial charge in [0.1, 0.15) is 12.4 Å². The summed E-state index contributed by atoms with van der Waals surface area (Å²) in [5, 5.41) is 7.54. The van der Waals surface area contributed by atoms with Crippen LogP contribution in [0.5, 0.6) is 5.75 Å². The third kappa shape index (κ3) is 2.95. The molecule has 1 fully saturated rings. The van der Waals surface area contributed by atoms with Crippen LogP contribution in [0.1, 0.15) is 41.3 Å². The van der Waals surface area contributed by atoms with Crippen molar-refractivity contribution >= 4 is 0 Å². The monoisotopic (exact) mass is 284 g/mol. The van der Waals surface area contributed by atoms with Crippen molar-refractivity contribution in [2.75, 3.05) is 13.1 Å². The molecular formula is C17H20N2O2. The SMILES string of the molecule is c1cc2c(cc1OCc1cc(C3CC3)no1)CCNCC2. The Labute approximate surface area is 124 Å². The molecule has 0 spiro atoms. The van der Waals surface area contributed by atoms with Crippen molar-refractivity contribution in [2.24, 2.45) is 0 Å². The molecule has 110 valence electrons. The number of benzene rings is 1. The summed E-state index contributed by atoms with van der Waals surface area (Å²) in [5.41, 5.74) is 3.92. The lowest BCUT2D eigenvalue weighted by Gasteiger charge is -2.09. The molecule has 4 heteroatoms. The maximum absolute atomic E-state index is 5.86. The van der Waals surface area contributed by atoms with Crippen molar-refractivity contribution < 1.29 is 9.26 Å². The summed E-state index contributed by atoms with van der Waals surface area (Å²) in [6.45, 7) is 2.56. The van der Waals surface area contributed by atoms with E-state index in [-0.39, 0.29) is 0 Å². The minimum absolute atomic E-state index is 0.455. The van der Waals surface area contributed by atoms with Gasteiger partial charge in [-0.25, -0.2) is 0 Å². The van der Waals surface area contributed by atoms with E-state index in [1.54, 1.807) is 0 Å². The molecule has 21 heavy (non-hydrogen) atoms. The summed E-state index contributed by atoms with van der Waals surface area (Å²) in [5.74, 6) is 2.36. The first kappa shape index (κ1) is 12.9. The first-order valence-electron chi connectivity index (χ1n) is 7.79. The fraction of sp³-hybridized carbons (Fsp3) is 0.471. The first-order valence-corrected chi connectivity index (χ1v) is 7.79. The number of nitrogens with zero attached hydrogens (tertiary/aromatic N) is 1. The maximum Gasteiger partial charge on any atom is 0.174 e. The Morgan fingerprint density at radius 2 is 2.00 bits per heavy atom. The largest absolute Gasteiger partial charge is 0.486 e. The highest BCUT2D eigenvalue weighted by molar-refractivity contribution is 5.37. The van der Waals surface area contributed by atoms with Crippen molar-refractivity contribution in [3.05, 3.63) is 46.8 Å². The van der Waals surface area contributed by atoms with Crippen molar-refractivity contribution in [3.63, 3.8) is 0 Å². The van der Waals surface area contributed by atoms with Crippen LogP contribution in [-0.2, 0) is 19.4 Å². The molecule has 0 radical (unpaired) electrons. The summed E-state index contributed by atoms with van der Waals surface area (Å²) in [7, 11) is 0. The molecule has 2 heterocycles. The summed E-state index contributed by atoms with van der Waals surface area (Å²) < 4.78 is 11.2. The van der Waals surface area contributed by atoms with Crippen LogP contribution in [0.2, 0.25) is 0 Å². The van der Waals surface area contributed by atoms with Gasteiger partial charge < -0.3 is 14.6 Å². The van der Waals surface area contributed by atoms with Crippen LogP contribution in [0.15, 0.2) is 28.8 Å². The van der Waals surface area contributed by atoms with E-state index in [1.165, 1.54) is 24.0 Å². The molecule has 4 rings (SSSR count). The standard InChI is InChI=1S/C17H20N2O2/c1-2-13(1)17-10-16(21-19-17)11-20-15-4-3-12-5-7-18-8-6-14(12)9-15/h3-4,9-10,13,18H,1-2,5-8,11H2. The van der Waals surface area contributed by atoms with Gasteiger partial charge in [0.2, 0.25) is 0 Å². The highest BCUT2D eigenvalue weighted by Gasteiger charge is 2.27. The molecule has 1 N–H and O–H groups in total. The van der Waals surface area contributed by atoms with Gasteiger partial charge in [-0.1, -0.05) is 11.2 Å². The van der Waals surface area contributed by atoms with E-state index < -0.39 is 0 Å². The molecule has 1 aliphatic heterocycles. The van der Waals surface area contributed by atoms with E-state index in [4.69, 9.17) is 9.26 Å². The highest BCUT2D eigenvalue weighted by atomic mass is 16.5. The van der Waals surface area contributed by atoms with Gasteiger partial charge in [0.05, 0.1) is 5.69 Å². The van der Waals surface area contributed by atoms with Gasteiger partial charge in [-0.15, -0.1) is 0 Å². The lowest BCUT2D eigenvalue weighted by molar-refractivity contribution is 0.248. The van der Waals surface area contributed by atoms with Gasteiger partial charge >= 0.3 is 0 Å². The van der Waals surface area contributed by atoms with Crippen LogP contribution in [0.4, 0.5) is 0 Å². The Bertz CT molecular complexity index is 631. The molecule has 0 atom stereocenters. The highest BCUT2D eigenvalue weighted by Crippen LogP contribution is 2.39. The molecule has 2 aromatic rings. The lowest BCUT2D eigenvalue weighted by atomic mass is 10.0. The zero-order chi connectivity index (χ0) is 14.1. The average molecular weight is 284 g/mol. The molecular weight excluding hydrogens is 264 g/mol. The minimum atomic E-state index is 0.455. The van der Waals surface area contributed by atoms with Gasteiger partial charge in [0.15, 0.2) is 5.76 Å². The third-order valence-electron chi connectivity index (χ3n) is 4.27. The molecule has 0 unspecified atom stereocenters. The van der Waals surface area contributed by atoms with Crippen LogP contribution in [0, 0.1) is 0 Å². The predicted molar refractivity (Wildman–Crippen MR) is 79.5 cm³/mol. The van der Waals surface area contributed by atoms with Crippen molar-refractivity contribution in [1.29, 1.82) is 0 Å². The van der Waals surface area contributed by atoms with Gasteiger partial charge in [-0.3, -0.25) is 0 Å². The number of hydrogen-bond donors (Lipinski definition) is 1. The van der Waals surface area contributed by atoms with E-state index in [1.807, 2.05) is 6.07 Å². The van der Waals surface area contributed by atoms with Crippen molar-refractivity contribution in [3.8, 4) is 5.75 Å². The normalized spacial score (nSPS) is 18.1. The van der Waals surface area contributed by atoms with Crippen LogP contribution < -0.4 is 10.1 Å². The minimum Gasteiger partial charge on any atom is -0.486 e. The van der Waals surface area contributed by atoms with Crippen LogP contribution in [0.25, 0.3) is 0 Å². The lowest BCUT2D eigenvalue weighted by Crippen LogP contribution is -2.16. The van der Waals surface area contributed by atoms with E-state index in [0.717, 1.165) is 43.1 Å². The number of nitrogens with one attached hydrogen (secondary N) is 1. The Kier molecular flexibility index (Phi) is 3.39. The van der Waals surface area contributed by atoms with Gasteiger partial charge in [0, 0.05) is 12.0 Å². The van der Waals surface area contributed by atoms with Gasteiger partial charge in [-0.05, 0) is 62.0 Å². The zero-order valence-corrected chi connectivity index (χ0v) is 12.1. The Balaban J connectivity index is 1.42. The zero-order valence-electron chi connectivity index (χ0n) is 12.1. The molecule has 1 aromatic carbocycles. The van der Waals surface area contributed by atoms with Gasteiger partial charge in [-0.2, -0.15) is 0 Å². The van der Waals surface area contributed by atoms with E-state index in [0.29, 0.717) is 12.5 Å². The fourth-order valence-electron chi connectivity index (χ4n) is 2.86. The van der Waals surface area contributed by atoms with E-state index in [2.05, 4.69) is 28.7 Å². The molecule has 2 aliphatic rings. The average Bonchev–Trinajstić information content (AvgIpc) is 3.29.